The van der Waals surface area contributed by atoms with Crippen LogP contribution in [0.2, 0.25) is 0 Å². The number of ether oxygens (including phenoxy) is 1. The SMILES string of the molecule is CCC1CC(NC2(C)NCCO2)C(C)(C)C(C(=O)C(Cl)Cl)C1. The van der Waals surface area contributed by atoms with Crippen molar-refractivity contribution >= 4 is 29.0 Å². The van der Waals surface area contributed by atoms with E-state index in [1.54, 1.807) is 0 Å². The molecule has 1 saturated carbocycles. The van der Waals surface area contributed by atoms with E-state index in [2.05, 4.69) is 31.4 Å². The topological polar surface area (TPSA) is 50.4 Å². The van der Waals surface area contributed by atoms with Gasteiger partial charge in [-0.25, -0.2) is 0 Å². The van der Waals surface area contributed by atoms with E-state index in [0.717, 1.165) is 25.8 Å². The summed E-state index contributed by atoms with van der Waals surface area (Å²) in [6, 6.07) is 0.169. The molecule has 4 nitrogen and oxygen atoms in total. The lowest BCUT2D eigenvalue weighted by Gasteiger charge is -2.50. The quantitative estimate of drug-likeness (QED) is 0.748. The molecule has 0 aromatic rings. The lowest BCUT2D eigenvalue weighted by atomic mass is 9.60. The summed E-state index contributed by atoms with van der Waals surface area (Å²) in [5, 5.41) is 6.95. The minimum atomic E-state index is -0.947. The van der Waals surface area contributed by atoms with Crippen molar-refractivity contribution in [2.24, 2.45) is 17.3 Å². The van der Waals surface area contributed by atoms with Crippen molar-refractivity contribution in [2.45, 2.75) is 63.7 Å². The first-order valence-electron chi connectivity index (χ1n) is 8.18. The molecular weight excluding hydrogens is 323 g/mol. The van der Waals surface area contributed by atoms with Gasteiger partial charge in [-0.05, 0) is 31.1 Å². The van der Waals surface area contributed by atoms with Gasteiger partial charge in [0, 0.05) is 18.5 Å². The average Bonchev–Trinajstić information content (AvgIpc) is 2.86. The molecule has 2 fully saturated rings. The minimum absolute atomic E-state index is 0.0521. The van der Waals surface area contributed by atoms with Crippen LogP contribution >= 0.6 is 23.2 Å². The molecule has 0 bridgehead atoms. The zero-order valence-corrected chi connectivity index (χ0v) is 15.4. The predicted molar refractivity (Wildman–Crippen MR) is 90.1 cm³/mol. The minimum Gasteiger partial charge on any atom is -0.346 e. The number of carbonyl (C=O) groups is 1. The predicted octanol–water partition coefficient (Wildman–Crippen LogP) is 3.07. The molecule has 128 valence electrons. The normalized spacial score (nSPS) is 38.4. The van der Waals surface area contributed by atoms with E-state index in [1.807, 2.05) is 6.92 Å². The molecule has 2 aliphatic rings. The number of ketones is 1. The molecule has 1 aliphatic carbocycles. The van der Waals surface area contributed by atoms with Gasteiger partial charge < -0.3 is 4.74 Å². The molecule has 0 amide bonds. The largest absolute Gasteiger partial charge is 0.346 e. The molecule has 6 heteroatoms. The summed E-state index contributed by atoms with van der Waals surface area (Å²) in [4.78, 5) is 11.6. The third-order valence-electron chi connectivity index (χ3n) is 5.47. The fourth-order valence-electron chi connectivity index (χ4n) is 3.85. The maximum atomic E-state index is 12.5. The number of Topliss-reactive ketones (excluding diaryl/α,β-unsaturated/α-hetero) is 1. The molecule has 22 heavy (non-hydrogen) atoms. The molecule has 2 N–H and O–H groups in total. The number of nitrogens with one attached hydrogen (secondary N) is 2. The van der Waals surface area contributed by atoms with Gasteiger partial charge in [-0.3, -0.25) is 15.4 Å². The van der Waals surface area contributed by atoms with Gasteiger partial charge in [-0.1, -0.05) is 50.4 Å². The summed E-state index contributed by atoms with van der Waals surface area (Å²) in [5.41, 5.74) is -0.221. The maximum absolute atomic E-state index is 12.5. The van der Waals surface area contributed by atoms with Gasteiger partial charge in [0.2, 0.25) is 0 Å². The second kappa shape index (κ2) is 6.94. The Morgan fingerprint density at radius 1 is 1.36 bits per heavy atom. The fraction of sp³-hybridized carbons (Fsp3) is 0.938. The van der Waals surface area contributed by atoms with Crippen LogP contribution < -0.4 is 10.6 Å². The van der Waals surface area contributed by atoms with Gasteiger partial charge in [0.05, 0.1) is 6.61 Å². The van der Waals surface area contributed by atoms with Crippen LogP contribution in [0.15, 0.2) is 0 Å². The Hall–Kier alpha value is 0.130. The van der Waals surface area contributed by atoms with Gasteiger partial charge in [0.25, 0.3) is 0 Å². The van der Waals surface area contributed by atoms with E-state index in [1.165, 1.54) is 0 Å². The highest BCUT2D eigenvalue weighted by molar-refractivity contribution is 6.53. The number of hydrogen-bond donors (Lipinski definition) is 2. The zero-order chi connectivity index (χ0) is 16.5. The molecule has 0 aromatic heterocycles. The van der Waals surface area contributed by atoms with E-state index in [4.69, 9.17) is 27.9 Å². The summed E-state index contributed by atoms with van der Waals surface area (Å²) in [7, 11) is 0. The number of alkyl halides is 2. The van der Waals surface area contributed by atoms with E-state index in [9.17, 15) is 4.79 Å². The molecular formula is C16H28Cl2N2O2. The smallest absolute Gasteiger partial charge is 0.172 e. The number of halogens is 2. The standard InChI is InChI=1S/C16H28Cl2N2O2/c1-5-10-8-11(13(21)14(17)18)15(2,3)12(9-10)20-16(4)19-6-7-22-16/h10-12,14,19-20H,5-9H2,1-4H3. The van der Waals surface area contributed by atoms with Crippen LogP contribution in [0.5, 0.6) is 0 Å². The molecule has 2 rings (SSSR count). The third kappa shape index (κ3) is 3.78. The van der Waals surface area contributed by atoms with E-state index in [0.29, 0.717) is 12.5 Å². The van der Waals surface area contributed by atoms with Gasteiger partial charge in [-0.2, -0.15) is 0 Å². The number of hydrogen-bond acceptors (Lipinski definition) is 4. The van der Waals surface area contributed by atoms with E-state index >= 15 is 0 Å². The van der Waals surface area contributed by atoms with Crippen molar-refractivity contribution in [1.29, 1.82) is 0 Å². The molecule has 4 atom stereocenters. The highest BCUT2D eigenvalue weighted by Crippen LogP contribution is 2.46. The maximum Gasteiger partial charge on any atom is 0.172 e. The Morgan fingerprint density at radius 2 is 2.05 bits per heavy atom. The molecule has 0 radical (unpaired) electrons. The number of rotatable bonds is 5. The Bertz CT molecular complexity index is 409. The first kappa shape index (κ1) is 18.5. The Labute approximate surface area is 143 Å². The first-order chi connectivity index (χ1) is 10.2. The van der Waals surface area contributed by atoms with Gasteiger partial charge in [-0.15, -0.1) is 0 Å². The van der Waals surface area contributed by atoms with E-state index in [-0.39, 0.29) is 23.2 Å². The van der Waals surface area contributed by atoms with Crippen molar-refractivity contribution < 1.29 is 9.53 Å². The lowest BCUT2D eigenvalue weighted by Crippen LogP contribution is -2.63. The zero-order valence-electron chi connectivity index (χ0n) is 13.9. The Kier molecular flexibility index (Phi) is 5.82. The highest BCUT2D eigenvalue weighted by Gasteiger charge is 2.49. The second-order valence-corrected chi connectivity index (χ2v) is 8.42. The van der Waals surface area contributed by atoms with Crippen molar-refractivity contribution in [3.05, 3.63) is 0 Å². The fourth-order valence-corrected chi connectivity index (χ4v) is 4.15. The molecule has 1 aliphatic heterocycles. The summed E-state index contributed by atoms with van der Waals surface area (Å²) in [6.07, 6.45) is 2.95. The van der Waals surface area contributed by atoms with Crippen LogP contribution in [0.3, 0.4) is 0 Å². The third-order valence-corrected chi connectivity index (χ3v) is 5.91. The summed E-state index contributed by atoms with van der Waals surface area (Å²) in [6.45, 7) is 9.98. The average molecular weight is 351 g/mol. The lowest BCUT2D eigenvalue weighted by molar-refractivity contribution is -0.131. The first-order valence-corrected chi connectivity index (χ1v) is 9.05. The molecule has 0 aromatic carbocycles. The molecule has 0 spiro atoms. The second-order valence-electron chi connectivity index (χ2n) is 7.33. The van der Waals surface area contributed by atoms with Crippen LogP contribution in [0.4, 0.5) is 0 Å². The van der Waals surface area contributed by atoms with Crippen LogP contribution in [0, 0.1) is 17.3 Å². The highest BCUT2D eigenvalue weighted by atomic mass is 35.5. The van der Waals surface area contributed by atoms with Crippen LogP contribution in [0.25, 0.3) is 0 Å². The van der Waals surface area contributed by atoms with Crippen molar-refractivity contribution in [3.63, 3.8) is 0 Å². The van der Waals surface area contributed by atoms with Crippen LogP contribution in [0.1, 0.15) is 47.0 Å². The Morgan fingerprint density at radius 3 is 2.55 bits per heavy atom. The van der Waals surface area contributed by atoms with Crippen LogP contribution in [-0.2, 0) is 9.53 Å². The summed E-state index contributed by atoms with van der Waals surface area (Å²) < 4.78 is 5.79. The Balaban J connectivity index is 2.21. The summed E-state index contributed by atoms with van der Waals surface area (Å²) in [5.74, 6) is -0.207. The number of carbonyl (C=O) groups excluding carboxylic acids is 1. The van der Waals surface area contributed by atoms with Gasteiger partial charge in [0.1, 0.15) is 0 Å². The monoisotopic (exact) mass is 350 g/mol. The van der Waals surface area contributed by atoms with Crippen molar-refractivity contribution in [2.75, 3.05) is 13.2 Å². The molecule has 1 heterocycles. The van der Waals surface area contributed by atoms with Gasteiger partial charge in [0.15, 0.2) is 16.5 Å². The van der Waals surface area contributed by atoms with Crippen molar-refractivity contribution in [3.8, 4) is 0 Å². The molecule has 4 unspecified atom stereocenters. The van der Waals surface area contributed by atoms with Crippen LogP contribution in [-0.4, -0.2) is 35.7 Å². The summed E-state index contributed by atoms with van der Waals surface area (Å²) >= 11 is 11.8. The van der Waals surface area contributed by atoms with Gasteiger partial charge >= 0.3 is 0 Å². The van der Waals surface area contributed by atoms with Crippen molar-refractivity contribution in [1.82, 2.24) is 10.6 Å². The van der Waals surface area contributed by atoms with E-state index < -0.39 is 10.7 Å². The molecule has 1 saturated heterocycles.